The van der Waals surface area contributed by atoms with E-state index in [1.807, 2.05) is 0 Å². The van der Waals surface area contributed by atoms with Crippen LogP contribution in [0.2, 0.25) is 0 Å². The SMILES string of the molecule is Cc1cscc1C1(N=C=O)CC1. The van der Waals surface area contributed by atoms with Crippen molar-refractivity contribution in [2.45, 2.75) is 25.3 Å². The van der Waals surface area contributed by atoms with E-state index in [1.165, 1.54) is 11.1 Å². The van der Waals surface area contributed by atoms with Crippen LogP contribution < -0.4 is 0 Å². The van der Waals surface area contributed by atoms with Crippen LogP contribution in [0.1, 0.15) is 24.0 Å². The molecule has 2 rings (SSSR count). The van der Waals surface area contributed by atoms with Gasteiger partial charge in [0, 0.05) is 0 Å². The minimum Gasteiger partial charge on any atom is -0.211 e. The highest BCUT2D eigenvalue weighted by atomic mass is 32.1. The molecule has 0 spiro atoms. The van der Waals surface area contributed by atoms with Crippen LogP contribution in [0.4, 0.5) is 0 Å². The zero-order valence-corrected chi connectivity index (χ0v) is 7.65. The molecule has 0 amide bonds. The minimum atomic E-state index is -0.175. The van der Waals surface area contributed by atoms with Gasteiger partial charge in [-0.2, -0.15) is 16.3 Å². The van der Waals surface area contributed by atoms with Crippen molar-refractivity contribution in [1.82, 2.24) is 0 Å². The molecule has 2 nitrogen and oxygen atoms in total. The lowest BCUT2D eigenvalue weighted by Gasteiger charge is -2.05. The van der Waals surface area contributed by atoms with Gasteiger partial charge in [-0.25, -0.2) is 4.79 Å². The van der Waals surface area contributed by atoms with Gasteiger partial charge < -0.3 is 0 Å². The van der Waals surface area contributed by atoms with E-state index in [9.17, 15) is 4.79 Å². The van der Waals surface area contributed by atoms with Crippen molar-refractivity contribution in [3.05, 3.63) is 21.9 Å². The van der Waals surface area contributed by atoms with E-state index < -0.39 is 0 Å². The molecular weight excluding hydrogens is 170 g/mol. The number of carbonyl (C=O) groups excluding carboxylic acids is 1. The molecule has 0 radical (unpaired) electrons. The van der Waals surface area contributed by atoms with E-state index in [1.54, 1.807) is 17.4 Å². The fraction of sp³-hybridized carbons (Fsp3) is 0.444. The van der Waals surface area contributed by atoms with Gasteiger partial charge in [0.25, 0.3) is 0 Å². The number of hydrogen-bond acceptors (Lipinski definition) is 3. The van der Waals surface area contributed by atoms with Crippen molar-refractivity contribution in [1.29, 1.82) is 0 Å². The summed E-state index contributed by atoms with van der Waals surface area (Å²) in [5.74, 6) is 0. The Labute approximate surface area is 74.9 Å². The van der Waals surface area contributed by atoms with Gasteiger partial charge in [0.1, 0.15) is 0 Å². The van der Waals surface area contributed by atoms with Gasteiger partial charge in [0.05, 0.1) is 5.54 Å². The molecule has 0 unspecified atom stereocenters. The van der Waals surface area contributed by atoms with Gasteiger partial charge in [-0.3, -0.25) is 0 Å². The van der Waals surface area contributed by atoms with Crippen LogP contribution in [-0.2, 0) is 10.3 Å². The Balaban J connectivity index is 2.42. The standard InChI is InChI=1S/C9H9NOS/c1-7-4-12-5-8(7)9(2-3-9)10-6-11/h4-5H,2-3H2,1H3. The number of thiophene rings is 1. The Morgan fingerprint density at radius 2 is 2.33 bits per heavy atom. The second-order valence-electron chi connectivity index (χ2n) is 3.20. The van der Waals surface area contributed by atoms with Crippen molar-refractivity contribution in [2.24, 2.45) is 4.99 Å². The normalized spacial score (nSPS) is 18.4. The fourth-order valence-corrected chi connectivity index (χ4v) is 2.42. The molecule has 1 heterocycles. The summed E-state index contributed by atoms with van der Waals surface area (Å²) in [6.07, 6.45) is 3.67. The Kier molecular flexibility index (Phi) is 1.63. The molecule has 12 heavy (non-hydrogen) atoms. The van der Waals surface area contributed by atoms with Crippen LogP contribution in [-0.4, -0.2) is 6.08 Å². The zero-order chi connectivity index (χ0) is 8.60. The van der Waals surface area contributed by atoms with Crippen LogP contribution >= 0.6 is 11.3 Å². The molecule has 0 bridgehead atoms. The van der Waals surface area contributed by atoms with Crippen molar-refractivity contribution in [3.8, 4) is 0 Å². The van der Waals surface area contributed by atoms with E-state index >= 15 is 0 Å². The van der Waals surface area contributed by atoms with E-state index in [-0.39, 0.29) is 5.54 Å². The number of aliphatic imine (C=N–C) groups is 1. The second kappa shape index (κ2) is 2.54. The first kappa shape index (κ1) is 7.71. The molecule has 3 heteroatoms. The summed E-state index contributed by atoms with van der Waals surface area (Å²) in [7, 11) is 0. The Morgan fingerprint density at radius 1 is 1.58 bits per heavy atom. The molecule has 0 N–H and O–H groups in total. The van der Waals surface area contributed by atoms with Crippen molar-refractivity contribution in [2.75, 3.05) is 0 Å². The second-order valence-corrected chi connectivity index (χ2v) is 3.95. The molecule has 1 aliphatic carbocycles. The molecule has 1 aromatic rings. The highest BCUT2D eigenvalue weighted by Gasteiger charge is 2.45. The largest absolute Gasteiger partial charge is 0.235 e. The van der Waals surface area contributed by atoms with Gasteiger partial charge in [0.15, 0.2) is 0 Å². The highest BCUT2D eigenvalue weighted by molar-refractivity contribution is 7.08. The third kappa shape index (κ3) is 1.02. The lowest BCUT2D eigenvalue weighted by Crippen LogP contribution is -2.01. The summed E-state index contributed by atoms with van der Waals surface area (Å²) in [6.45, 7) is 2.06. The Bertz CT molecular complexity index is 345. The van der Waals surface area contributed by atoms with Crippen molar-refractivity contribution < 1.29 is 4.79 Å². The first-order valence-electron chi connectivity index (χ1n) is 3.91. The average molecular weight is 179 g/mol. The monoisotopic (exact) mass is 179 g/mol. The summed E-state index contributed by atoms with van der Waals surface area (Å²) < 4.78 is 0. The third-order valence-corrected chi connectivity index (χ3v) is 3.20. The van der Waals surface area contributed by atoms with Crippen molar-refractivity contribution in [3.63, 3.8) is 0 Å². The van der Waals surface area contributed by atoms with Crippen LogP contribution in [0.3, 0.4) is 0 Å². The van der Waals surface area contributed by atoms with E-state index in [0.717, 1.165) is 12.8 Å². The van der Waals surface area contributed by atoms with Crippen LogP contribution in [0.25, 0.3) is 0 Å². The molecule has 1 saturated carbocycles. The molecular formula is C9H9NOS. The quantitative estimate of drug-likeness (QED) is 0.506. The van der Waals surface area contributed by atoms with E-state index in [0.29, 0.717) is 0 Å². The first-order valence-corrected chi connectivity index (χ1v) is 4.85. The van der Waals surface area contributed by atoms with Crippen LogP contribution in [0.15, 0.2) is 15.8 Å². The number of isocyanates is 1. The maximum atomic E-state index is 10.2. The predicted octanol–water partition coefficient (Wildman–Crippen LogP) is 2.38. The molecule has 0 atom stereocenters. The van der Waals surface area contributed by atoms with Crippen molar-refractivity contribution >= 4 is 17.4 Å². The highest BCUT2D eigenvalue weighted by Crippen LogP contribution is 2.50. The number of aryl methyl sites for hydroxylation is 1. The van der Waals surface area contributed by atoms with Gasteiger partial charge >= 0.3 is 0 Å². The topological polar surface area (TPSA) is 29.4 Å². The maximum Gasteiger partial charge on any atom is 0.235 e. The molecule has 0 aromatic carbocycles. The summed E-state index contributed by atoms with van der Waals surface area (Å²) >= 11 is 1.67. The Morgan fingerprint density at radius 3 is 2.75 bits per heavy atom. The van der Waals surface area contributed by atoms with Gasteiger partial charge in [-0.1, -0.05) is 0 Å². The minimum absolute atomic E-state index is 0.175. The zero-order valence-electron chi connectivity index (χ0n) is 6.83. The number of nitrogens with zero attached hydrogens (tertiary/aromatic N) is 1. The summed E-state index contributed by atoms with van der Waals surface area (Å²) in [5.41, 5.74) is 2.29. The molecule has 62 valence electrons. The first-order chi connectivity index (χ1) is 5.78. The fourth-order valence-electron chi connectivity index (χ4n) is 1.48. The summed E-state index contributed by atoms with van der Waals surface area (Å²) in [4.78, 5) is 14.1. The van der Waals surface area contributed by atoms with Crippen LogP contribution in [0, 0.1) is 6.92 Å². The maximum absolute atomic E-state index is 10.2. The lowest BCUT2D eigenvalue weighted by atomic mass is 10.1. The Hall–Kier alpha value is -0.920. The number of rotatable bonds is 2. The molecule has 1 fully saturated rings. The number of hydrogen-bond donors (Lipinski definition) is 0. The predicted molar refractivity (Wildman–Crippen MR) is 48.1 cm³/mol. The average Bonchev–Trinajstić information content (AvgIpc) is 2.68. The van der Waals surface area contributed by atoms with E-state index in [2.05, 4.69) is 22.7 Å². The lowest BCUT2D eigenvalue weighted by molar-refractivity contribution is 0.556. The smallest absolute Gasteiger partial charge is 0.211 e. The van der Waals surface area contributed by atoms with Gasteiger partial charge in [0.2, 0.25) is 6.08 Å². The summed E-state index contributed by atoms with van der Waals surface area (Å²) in [5, 5.41) is 4.18. The van der Waals surface area contributed by atoms with E-state index in [4.69, 9.17) is 0 Å². The molecule has 1 aromatic heterocycles. The molecule has 0 saturated heterocycles. The van der Waals surface area contributed by atoms with Crippen LogP contribution in [0.5, 0.6) is 0 Å². The van der Waals surface area contributed by atoms with Gasteiger partial charge in [-0.05, 0) is 41.7 Å². The third-order valence-electron chi connectivity index (χ3n) is 2.34. The molecule has 1 aliphatic rings. The molecule has 0 aliphatic heterocycles. The summed E-state index contributed by atoms with van der Waals surface area (Å²) in [6, 6.07) is 0. The van der Waals surface area contributed by atoms with Gasteiger partial charge in [-0.15, -0.1) is 0 Å².